The topological polar surface area (TPSA) is 44.7 Å². The second kappa shape index (κ2) is 7.84. The SMILES string of the molecule is C=CCN=C1NC(=O)/C(=C/c2ccc(N(CC)CC)cc2)S1. The van der Waals surface area contributed by atoms with E-state index in [4.69, 9.17) is 0 Å². The molecule has 4 nitrogen and oxygen atoms in total. The van der Waals surface area contributed by atoms with Crippen LogP contribution in [0.1, 0.15) is 19.4 Å². The van der Waals surface area contributed by atoms with Crippen molar-refractivity contribution < 1.29 is 4.79 Å². The van der Waals surface area contributed by atoms with Crippen molar-refractivity contribution in [2.75, 3.05) is 24.5 Å². The average molecular weight is 315 g/mol. The fraction of sp³-hybridized carbons (Fsp3) is 0.294. The van der Waals surface area contributed by atoms with Crippen molar-refractivity contribution in [3.05, 3.63) is 47.4 Å². The van der Waals surface area contributed by atoms with Crippen molar-refractivity contribution in [1.29, 1.82) is 0 Å². The standard InChI is InChI=1S/C17H21N3OS/c1-4-11-18-17-19-16(21)15(22-17)12-13-7-9-14(10-8-13)20(5-2)6-3/h4,7-10,12H,1,5-6,11H2,2-3H3,(H,18,19,21)/b15-12-. The summed E-state index contributed by atoms with van der Waals surface area (Å²) < 4.78 is 0. The van der Waals surface area contributed by atoms with Gasteiger partial charge >= 0.3 is 0 Å². The van der Waals surface area contributed by atoms with Gasteiger partial charge < -0.3 is 10.2 Å². The van der Waals surface area contributed by atoms with Crippen LogP contribution < -0.4 is 10.2 Å². The quantitative estimate of drug-likeness (QED) is 0.647. The number of carbonyl (C=O) groups is 1. The van der Waals surface area contributed by atoms with Crippen molar-refractivity contribution in [3.63, 3.8) is 0 Å². The van der Waals surface area contributed by atoms with Crippen LogP contribution in [0, 0.1) is 0 Å². The fourth-order valence-electron chi connectivity index (χ4n) is 2.17. The molecule has 1 saturated heterocycles. The molecule has 116 valence electrons. The number of benzene rings is 1. The lowest BCUT2D eigenvalue weighted by atomic mass is 10.2. The highest BCUT2D eigenvalue weighted by Gasteiger charge is 2.23. The summed E-state index contributed by atoms with van der Waals surface area (Å²) in [6.45, 7) is 10.4. The average Bonchev–Trinajstić information content (AvgIpc) is 2.88. The van der Waals surface area contributed by atoms with Gasteiger partial charge in [-0.15, -0.1) is 6.58 Å². The fourth-order valence-corrected chi connectivity index (χ4v) is 3.00. The van der Waals surface area contributed by atoms with E-state index in [2.05, 4.69) is 47.8 Å². The second-order valence-corrected chi connectivity index (χ2v) is 5.79. The van der Waals surface area contributed by atoms with E-state index >= 15 is 0 Å². The molecule has 2 rings (SSSR count). The number of thioether (sulfide) groups is 1. The second-order valence-electron chi connectivity index (χ2n) is 4.76. The molecule has 1 amide bonds. The Hall–Kier alpha value is -2.01. The third-order valence-electron chi connectivity index (χ3n) is 3.33. The number of hydrogen-bond donors (Lipinski definition) is 1. The molecular weight excluding hydrogens is 294 g/mol. The summed E-state index contributed by atoms with van der Waals surface area (Å²) in [5.74, 6) is -0.0966. The molecule has 0 aliphatic carbocycles. The maximum absolute atomic E-state index is 11.9. The van der Waals surface area contributed by atoms with E-state index in [9.17, 15) is 4.79 Å². The van der Waals surface area contributed by atoms with Gasteiger partial charge in [0.25, 0.3) is 5.91 Å². The number of hydrogen-bond acceptors (Lipinski definition) is 4. The number of nitrogens with one attached hydrogen (secondary N) is 1. The van der Waals surface area contributed by atoms with Crippen LogP contribution in [0.4, 0.5) is 5.69 Å². The third kappa shape index (κ3) is 4.01. The van der Waals surface area contributed by atoms with Gasteiger partial charge in [-0.1, -0.05) is 18.2 Å². The van der Waals surface area contributed by atoms with Crippen molar-refractivity contribution in [3.8, 4) is 0 Å². The van der Waals surface area contributed by atoms with Gasteiger partial charge in [0, 0.05) is 18.8 Å². The smallest absolute Gasteiger partial charge is 0.264 e. The molecule has 1 aromatic carbocycles. The zero-order chi connectivity index (χ0) is 15.9. The first-order valence-corrected chi connectivity index (χ1v) is 8.20. The predicted molar refractivity (Wildman–Crippen MR) is 96.2 cm³/mol. The summed E-state index contributed by atoms with van der Waals surface area (Å²) in [5.41, 5.74) is 2.21. The van der Waals surface area contributed by atoms with E-state index in [0.29, 0.717) is 16.6 Å². The van der Waals surface area contributed by atoms with Crippen LogP contribution >= 0.6 is 11.8 Å². The minimum Gasteiger partial charge on any atom is -0.372 e. The molecular formula is C17H21N3OS. The Balaban J connectivity index is 2.12. The molecule has 1 heterocycles. The first-order chi connectivity index (χ1) is 10.7. The molecule has 0 bridgehead atoms. The third-order valence-corrected chi connectivity index (χ3v) is 4.28. The van der Waals surface area contributed by atoms with Gasteiger partial charge in [0.1, 0.15) is 0 Å². The van der Waals surface area contributed by atoms with Gasteiger partial charge in [0.15, 0.2) is 5.17 Å². The van der Waals surface area contributed by atoms with Gasteiger partial charge in [-0.25, -0.2) is 0 Å². The number of amidine groups is 1. The number of aliphatic imine (C=N–C) groups is 1. The molecule has 22 heavy (non-hydrogen) atoms. The van der Waals surface area contributed by atoms with Gasteiger partial charge in [0.05, 0.1) is 11.4 Å². The van der Waals surface area contributed by atoms with Gasteiger partial charge in [-0.05, 0) is 49.4 Å². The Bertz CT molecular complexity index is 601. The van der Waals surface area contributed by atoms with E-state index in [1.807, 2.05) is 18.2 Å². The summed E-state index contributed by atoms with van der Waals surface area (Å²) in [7, 11) is 0. The summed E-state index contributed by atoms with van der Waals surface area (Å²) in [6, 6.07) is 8.24. The Labute approximate surface area is 136 Å². The van der Waals surface area contributed by atoms with Crippen molar-refractivity contribution in [1.82, 2.24) is 5.32 Å². The highest BCUT2D eigenvalue weighted by molar-refractivity contribution is 8.18. The molecule has 5 heteroatoms. The Morgan fingerprint density at radius 2 is 1.95 bits per heavy atom. The highest BCUT2D eigenvalue weighted by atomic mass is 32.2. The maximum atomic E-state index is 11.9. The number of nitrogens with zero attached hydrogens (tertiary/aromatic N) is 2. The summed E-state index contributed by atoms with van der Waals surface area (Å²) >= 11 is 1.37. The van der Waals surface area contributed by atoms with Gasteiger partial charge in [-0.3, -0.25) is 9.79 Å². The first kappa shape index (κ1) is 16.4. The summed E-state index contributed by atoms with van der Waals surface area (Å²) in [6.07, 6.45) is 3.59. The molecule has 0 atom stereocenters. The van der Waals surface area contributed by atoms with Crippen LogP contribution in [0.25, 0.3) is 6.08 Å². The predicted octanol–water partition coefficient (Wildman–Crippen LogP) is 3.28. The van der Waals surface area contributed by atoms with Crippen LogP contribution in [-0.4, -0.2) is 30.7 Å². The van der Waals surface area contributed by atoms with E-state index in [1.165, 1.54) is 17.4 Å². The van der Waals surface area contributed by atoms with Crippen LogP contribution in [0.5, 0.6) is 0 Å². The molecule has 0 radical (unpaired) electrons. The van der Waals surface area contributed by atoms with Crippen LogP contribution in [0.3, 0.4) is 0 Å². The number of anilines is 1. The Morgan fingerprint density at radius 1 is 1.27 bits per heavy atom. The Morgan fingerprint density at radius 3 is 2.55 bits per heavy atom. The number of carbonyl (C=O) groups excluding carboxylic acids is 1. The normalized spacial score (nSPS) is 17.8. The maximum Gasteiger partial charge on any atom is 0.264 e. The molecule has 1 aliphatic rings. The lowest BCUT2D eigenvalue weighted by Crippen LogP contribution is -2.21. The number of amides is 1. The van der Waals surface area contributed by atoms with Crippen molar-refractivity contribution in [2.24, 2.45) is 4.99 Å². The van der Waals surface area contributed by atoms with Crippen molar-refractivity contribution >= 4 is 34.6 Å². The van der Waals surface area contributed by atoms with Crippen LogP contribution in [0.2, 0.25) is 0 Å². The Kier molecular flexibility index (Phi) is 5.83. The largest absolute Gasteiger partial charge is 0.372 e. The van der Waals surface area contributed by atoms with E-state index in [0.717, 1.165) is 18.7 Å². The zero-order valence-electron chi connectivity index (χ0n) is 13.0. The van der Waals surface area contributed by atoms with Crippen molar-refractivity contribution in [2.45, 2.75) is 13.8 Å². The molecule has 0 aromatic heterocycles. The molecule has 1 N–H and O–H groups in total. The van der Waals surface area contributed by atoms with Gasteiger partial charge in [-0.2, -0.15) is 0 Å². The minimum absolute atomic E-state index is 0.0966. The summed E-state index contributed by atoms with van der Waals surface area (Å²) in [4.78, 5) is 19.1. The zero-order valence-corrected chi connectivity index (χ0v) is 13.8. The lowest BCUT2D eigenvalue weighted by molar-refractivity contribution is -0.115. The monoisotopic (exact) mass is 315 g/mol. The van der Waals surface area contributed by atoms with Crippen LogP contribution in [0.15, 0.2) is 46.8 Å². The molecule has 1 aromatic rings. The minimum atomic E-state index is -0.0966. The molecule has 0 saturated carbocycles. The van der Waals surface area contributed by atoms with E-state index in [1.54, 1.807) is 6.08 Å². The van der Waals surface area contributed by atoms with Crippen LogP contribution in [-0.2, 0) is 4.79 Å². The van der Waals surface area contributed by atoms with E-state index in [-0.39, 0.29) is 5.91 Å². The molecule has 0 unspecified atom stereocenters. The molecule has 1 aliphatic heterocycles. The van der Waals surface area contributed by atoms with Gasteiger partial charge in [0.2, 0.25) is 0 Å². The lowest BCUT2D eigenvalue weighted by Gasteiger charge is -2.20. The first-order valence-electron chi connectivity index (χ1n) is 7.39. The molecule has 1 fully saturated rings. The van der Waals surface area contributed by atoms with E-state index < -0.39 is 0 Å². The summed E-state index contributed by atoms with van der Waals surface area (Å²) in [5, 5.41) is 3.39. The number of rotatable bonds is 6. The molecule has 0 spiro atoms. The highest BCUT2D eigenvalue weighted by Crippen LogP contribution is 2.26.